The molecule has 1 saturated heterocycles. The molecule has 2 amide bonds. The van der Waals surface area contributed by atoms with Gasteiger partial charge in [-0.2, -0.15) is 4.98 Å². The molecule has 1 aromatic heterocycles. The second-order valence-corrected chi connectivity index (χ2v) is 9.58. The van der Waals surface area contributed by atoms with Gasteiger partial charge >= 0.3 is 6.03 Å². The van der Waals surface area contributed by atoms with Crippen LogP contribution in [0.1, 0.15) is 11.1 Å². The number of aromatic nitrogens is 2. The van der Waals surface area contributed by atoms with Crippen LogP contribution < -0.4 is 24.8 Å². The van der Waals surface area contributed by atoms with Crippen LogP contribution in [0.3, 0.4) is 0 Å². The maximum atomic E-state index is 13.3. The third kappa shape index (κ3) is 4.52. The van der Waals surface area contributed by atoms with E-state index in [4.69, 9.17) is 16.3 Å². The van der Waals surface area contributed by atoms with E-state index in [1.54, 1.807) is 31.3 Å². The molecule has 1 fully saturated rings. The zero-order valence-corrected chi connectivity index (χ0v) is 21.7. The van der Waals surface area contributed by atoms with Crippen molar-refractivity contribution < 1.29 is 9.53 Å². The fraction of sp³-hybridized carbons (Fsp3) is 0.346. The van der Waals surface area contributed by atoms with E-state index in [-0.39, 0.29) is 6.03 Å². The Labute approximate surface area is 216 Å². The number of piperazine rings is 1. The molecule has 5 rings (SSSR count). The molecule has 0 unspecified atom stereocenters. The number of nitrogens with zero attached hydrogens (tertiary/aromatic N) is 6. The molecular weight excluding hydrogens is 478 g/mol. The van der Waals surface area contributed by atoms with Gasteiger partial charge in [0, 0.05) is 56.7 Å². The second kappa shape index (κ2) is 9.83. The van der Waals surface area contributed by atoms with E-state index >= 15 is 0 Å². The number of benzene rings is 2. The Morgan fingerprint density at radius 1 is 1.08 bits per heavy atom. The number of hydrogen-bond acceptors (Lipinski definition) is 7. The highest BCUT2D eigenvalue weighted by Gasteiger charge is 2.32. The summed E-state index contributed by atoms with van der Waals surface area (Å²) in [5.41, 5.74) is 4.35. The van der Waals surface area contributed by atoms with Crippen LogP contribution in [-0.4, -0.2) is 68.3 Å². The van der Waals surface area contributed by atoms with Crippen LogP contribution in [0.15, 0.2) is 42.6 Å². The number of anilines is 5. The van der Waals surface area contributed by atoms with Crippen molar-refractivity contribution in [3.05, 3.63) is 58.7 Å². The van der Waals surface area contributed by atoms with E-state index in [0.717, 1.165) is 48.7 Å². The van der Waals surface area contributed by atoms with Crippen molar-refractivity contribution >= 4 is 46.5 Å². The van der Waals surface area contributed by atoms with Gasteiger partial charge in [-0.3, -0.25) is 9.80 Å². The topological polar surface area (TPSA) is 77.1 Å². The summed E-state index contributed by atoms with van der Waals surface area (Å²) in [5.74, 6) is 1.66. The Balaban J connectivity index is 1.38. The molecular formula is C26H30ClN7O2. The lowest BCUT2D eigenvalue weighted by atomic mass is 10.1. The van der Waals surface area contributed by atoms with E-state index in [1.807, 2.05) is 31.2 Å². The molecule has 0 spiro atoms. The van der Waals surface area contributed by atoms with E-state index < -0.39 is 0 Å². The number of rotatable bonds is 5. The first-order chi connectivity index (χ1) is 17.4. The molecule has 2 aromatic carbocycles. The molecule has 36 heavy (non-hydrogen) atoms. The van der Waals surface area contributed by atoms with Crippen molar-refractivity contribution in [3.8, 4) is 5.75 Å². The highest BCUT2D eigenvalue weighted by Crippen LogP contribution is 2.37. The number of hydrogen-bond donors (Lipinski definition) is 1. The molecule has 0 bridgehead atoms. The molecule has 2 aliphatic heterocycles. The van der Waals surface area contributed by atoms with Gasteiger partial charge in [-0.15, -0.1) is 0 Å². The Morgan fingerprint density at radius 3 is 2.58 bits per heavy atom. The summed E-state index contributed by atoms with van der Waals surface area (Å²) in [6.45, 7) is 6.30. The molecule has 0 atom stereocenters. The smallest absolute Gasteiger partial charge is 0.330 e. The summed E-state index contributed by atoms with van der Waals surface area (Å²) in [6, 6.07) is 11.5. The van der Waals surface area contributed by atoms with E-state index in [2.05, 4.69) is 38.2 Å². The summed E-state index contributed by atoms with van der Waals surface area (Å²) in [4.78, 5) is 30.3. The van der Waals surface area contributed by atoms with E-state index in [1.165, 1.54) is 4.90 Å². The lowest BCUT2D eigenvalue weighted by molar-refractivity contribution is 0.251. The molecule has 3 aromatic rings. The average Bonchev–Trinajstić information content (AvgIpc) is 2.88. The van der Waals surface area contributed by atoms with Crippen LogP contribution in [0.25, 0.3) is 0 Å². The Bertz CT molecular complexity index is 1270. The molecule has 0 aliphatic carbocycles. The van der Waals surface area contributed by atoms with Gasteiger partial charge in [0.05, 0.1) is 30.1 Å². The maximum Gasteiger partial charge on any atom is 0.330 e. The van der Waals surface area contributed by atoms with Crippen LogP contribution >= 0.6 is 11.6 Å². The predicted molar refractivity (Wildman–Crippen MR) is 144 cm³/mol. The molecule has 3 heterocycles. The second-order valence-electron chi connectivity index (χ2n) is 9.18. The van der Waals surface area contributed by atoms with Crippen molar-refractivity contribution in [1.29, 1.82) is 0 Å². The number of aryl methyl sites for hydroxylation is 1. The van der Waals surface area contributed by atoms with Crippen molar-refractivity contribution in [3.63, 3.8) is 0 Å². The summed E-state index contributed by atoms with van der Waals surface area (Å²) < 4.78 is 5.67. The monoisotopic (exact) mass is 507 g/mol. The highest BCUT2D eigenvalue weighted by atomic mass is 35.5. The van der Waals surface area contributed by atoms with Gasteiger partial charge in [0.15, 0.2) is 0 Å². The molecule has 1 N–H and O–H groups in total. The SMILES string of the molecule is COc1cc(N2CCN(C)CC2)ccc1Nc1ncc2c(n1)N(C)C(=O)N(c1c(C)cccc1Cl)C2. The third-order valence-corrected chi connectivity index (χ3v) is 7.07. The van der Waals surface area contributed by atoms with Gasteiger partial charge in [-0.1, -0.05) is 23.7 Å². The molecule has 0 radical (unpaired) electrons. The van der Waals surface area contributed by atoms with Crippen LogP contribution in [0.4, 0.5) is 33.6 Å². The van der Waals surface area contributed by atoms with Crippen molar-refractivity contribution in [2.75, 3.05) is 67.4 Å². The number of methoxy groups -OCH3 is 1. The first kappa shape index (κ1) is 24.1. The van der Waals surface area contributed by atoms with E-state index in [9.17, 15) is 4.79 Å². The summed E-state index contributed by atoms with van der Waals surface area (Å²) in [6.07, 6.45) is 1.75. The van der Waals surface area contributed by atoms with Gasteiger partial charge in [0.1, 0.15) is 11.6 Å². The number of amides is 2. The van der Waals surface area contributed by atoms with Crippen molar-refractivity contribution in [2.45, 2.75) is 13.5 Å². The van der Waals surface area contributed by atoms with Crippen LogP contribution in [0.5, 0.6) is 5.75 Å². The minimum Gasteiger partial charge on any atom is -0.494 e. The Hall–Kier alpha value is -3.56. The minimum absolute atomic E-state index is 0.197. The normalized spacial score (nSPS) is 16.2. The molecule has 188 valence electrons. The largest absolute Gasteiger partial charge is 0.494 e. The maximum absolute atomic E-state index is 13.3. The predicted octanol–water partition coefficient (Wildman–Crippen LogP) is 4.52. The molecule has 9 nitrogen and oxygen atoms in total. The van der Waals surface area contributed by atoms with Crippen molar-refractivity contribution in [1.82, 2.24) is 14.9 Å². The fourth-order valence-corrected chi connectivity index (χ4v) is 5.00. The number of carbonyl (C=O) groups is 1. The van der Waals surface area contributed by atoms with Crippen molar-refractivity contribution in [2.24, 2.45) is 0 Å². The third-order valence-electron chi connectivity index (χ3n) is 6.76. The summed E-state index contributed by atoms with van der Waals surface area (Å²) >= 11 is 6.44. The lowest BCUT2D eigenvalue weighted by Gasteiger charge is -2.35. The number of carbonyl (C=O) groups excluding carboxylic acids is 1. The van der Waals surface area contributed by atoms with E-state index in [0.29, 0.717) is 34.8 Å². The Morgan fingerprint density at radius 2 is 1.86 bits per heavy atom. The number of ether oxygens (including phenoxy) is 1. The molecule has 0 saturated carbocycles. The first-order valence-electron chi connectivity index (χ1n) is 11.9. The zero-order valence-electron chi connectivity index (χ0n) is 21.0. The van der Waals surface area contributed by atoms with Gasteiger partial charge in [-0.05, 0) is 37.7 Å². The van der Waals surface area contributed by atoms with Crippen LogP contribution in [0, 0.1) is 6.92 Å². The van der Waals surface area contributed by atoms with Gasteiger partial charge in [0.25, 0.3) is 0 Å². The molecule has 10 heteroatoms. The van der Waals surface area contributed by atoms with Gasteiger partial charge in [-0.25, -0.2) is 9.78 Å². The zero-order chi connectivity index (χ0) is 25.4. The van der Waals surface area contributed by atoms with Crippen LogP contribution in [-0.2, 0) is 6.54 Å². The number of urea groups is 1. The van der Waals surface area contributed by atoms with Crippen LogP contribution in [0.2, 0.25) is 5.02 Å². The highest BCUT2D eigenvalue weighted by molar-refractivity contribution is 6.34. The summed E-state index contributed by atoms with van der Waals surface area (Å²) in [7, 11) is 5.51. The minimum atomic E-state index is -0.197. The number of fused-ring (bicyclic) bond motifs is 1. The molecule has 2 aliphatic rings. The lowest BCUT2D eigenvalue weighted by Crippen LogP contribution is -2.46. The van der Waals surface area contributed by atoms with Gasteiger partial charge < -0.3 is 19.9 Å². The first-order valence-corrected chi connectivity index (χ1v) is 12.3. The number of para-hydroxylation sites is 1. The summed E-state index contributed by atoms with van der Waals surface area (Å²) in [5, 5.41) is 3.79. The fourth-order valence-electron chi connectivity index (χ4n) is 4.67. The van der Waals surface area contributed by atoms with Gasteiger partial charge in [0.2, 0.25) is 5.95 Å². The number of likely N-dealkylation sites (N-methyl/N-ethyl adjacent to an activating group) is 1. The number of halogens is 1. The Kier molecular flexibility index (Phi) is 6.59. The average molecular weight is 508 g/mol. The number of nitrogens with one attached hydrogen (secondary N) is 1. The quantitative estimate of drug-likeness (QED) is 0.544. The standard InChI is InChI=1S/C26H30ClN7O2/c1-17-6-5-7-20(27)23(17)34-16-18-15-28-25(30-24(18)32(3)26(34)35)29-21-9-8-19(14-22(21)36-4)33-12-10-31(2)11-13-33/h5-9,14-15H,10-13,16H2,1-4H3,(H,28,29,30).